The highest BCUT2D eigenvalue weighted by atomic mass is 16.5. The van der Waals surface area contributed by atoms with E-state index >= 15 is 0 Å². The number of aromatic carboxylic acids is 2. The maximum Gasteiger partial charge on any atom is 0.339 e. The molecule has 0 fully saturated rings. The number of carboxylic acids is 2. The second kappa shape index (κ2) is 6.60. The number of ether oxygens (including phenoxy) is 1. The van der Waals surface area contributed by atoms with Gasteiger partial charge in [-0.15, -0.1) is 0 Å². The zero-order chi connectivity index (χ0) is 18.8. The number of phenolic OH excluding ortho intramolecular Hbond substituents is 1. The number of benzene rings is 2. The molecule has 3 N–H and O–H groups in total. The van der Waals surface area contributed by atoms with E-state index in [1.54, 1.807) is 0 Å². The van der Waals surface area contributed by atoms with Crippen LogP contribution in [0.3, 0.4) is 0 Å². The summed E-state index contributed by atoms with van der Waals surface area (Å²) < 4.78 is 6.40. The maximum atomic E-state index is 11.6. The number of hydrogen-bond acceptors (Lipinski definition) is 5. The van der Waals surface area contributed by atoms with Crippen LogP contribution in [0.15, 0.2) is 48.7 Å². The van der Waals surface area contributed by atoms with Gasteiger partial charge in [-0.1, -0.05) is 0 Å². The van der Waals surface area contributed by atoms with E-state index in [2.05, 4.69) is 5.10 Å². The number of aromatic nitrogens is 2. The highest BCUT2D eigenvalue weighted by molar-refractivity contribution is 5.95. The Bertz CT molecular complexity index is 991. The summed E-state index contributed by atoms with van der Waals surface area (Å²) in [5.74, 6) is -2.10. The number of aromatic hydroxyl groups is 1. The van der Waals surface area contributed by atoms with Gasteiger partial charge in [0.15, 0.2) is 11.5 Å². The Labute approximate surface area is 147 Å². The van der Waals surface area contributed by atoms with Crippen LogP contribution < -0.4 is 4.74 Å². The molecule has 0 aliphatic heterocycles. The van der Waals surface area contributed by atoms with Gasteiger partial charge in [-0.2, -0.15) is 5.10 Å². The molecular formula is C18H14N2O6. The van der Waals surface area contributed by atoms with Crippen molar-refractivity contribution in [3.8, 4) is 28.4 Å². The Morgan fingerprint density at radius 1 is 1.04 bits per heavy atom. The minimum Gasteiger partial charge on any atom is -0.504 e. The Kier molecular flexibility index (Phi) is 4.32. The van der Waals surface area contributed by atoms with Gasteiger partial charge in [0.2, 0.25) is 0 Å². The van der Waals surface area contributed by atoms with Crippen LogP contribution in [0, 0.1) is 0 Å². The lowest BCUT2D eigenvalue weighted by molar-refractivity contribution is 0.0686. The normalized spacial score (nSPS) is 10.5. The molecule has 3 aromatic rings. The zero-order valence-electron chi connectivity index (χ0n) is 13.6. The molecule has 2 aromatic carbocycles. The van der Waals surface area contributed by atoms with Gasteiger partial charge in [-0.3, -0.25) is 0 Å². The third-order valence-electron chi connectivity index (χ3n) is 3.78. The van der Waals surface area contributed by atoms with Crippen LogP contribution in [0.5, 0.6) is 11.5 Å². The molecule has 0 radical (unpaired) electrons. The fourth-order valence-corrected chi connectivity index (χ4v) is 2.46. The number of phenols is 1. The van der Waals surface area contributed by atoms with Gasteiger partial charge in [0, 0.05) is 11.8 Å². The molecule has 0 amide bonds. The minimum absolute atomic E-state index is 0.0416. The van der Waals surface area contributed by atoms with Crippen molar-refractivity contribution in [1.29, 1.82) is 0 Å². The molecule has 26 heavy (non-hydrogen) atoms. The van der Waals surface area contributed by atoms with Crippen LogP contribution in [0.1, 0.15) is 20.7 Å². The zero-order valence-corrected chi connectivity index (χ0v) is 13.6. The molecule has 0 saturated heterocycles. The number of rotatable bonds is 5. The van der Waals surface area contributed by atoms with E-state index < -0.39 is 11.9 Å². The molecule has 0 aliphatic carbocycles. The molecule has 0 spiro atoms. The first kappa shape index (κ1) is 17.0. The van der Waals surface area contributed by atoms with Gasteiger partial charge in [0.1, 0.15) is 11.3 Å². The third-order valence-corrected chi connectivity index (χ3v) is 3.78. The van der Waals surface area contributed by atoms with Gasteiger partial charge in [-0.05, 0) is 42.5 Å². The van der Waals surface area contributed by atoms with Crippen LogP contribution in [-0.4, -0.2) is 44.1 Å². The van der Waals surface area contributed by atoms with Crippen LogP contribution in [0.2, 0.25) is 0 Å². The second-order valence-electron chi connectivity index (χ2n) is 5.38. The summed E-state index contributed by atoms with van der Waals surface area (Å²) in [5.41, 5.74) is 1.23. The van der Waals surface area contributed by atoms with E-state index in [-0.39, 0.29) is 28.3 Å². The summed E-state index contributed by atoms with van der Waals surface area (Å²) in [7, 11) is 1.39. The first-order valence-corrected chi connectivity index (χ1v) is 7.44. The second-order valence-corrected chi connectivity index (χ2v) is 5.38. The summed E-state index contributed by atoms with van der Waals surface area (Å²) in [5, 5.41) is 32.4. The maximum absolute atomic E-state index is 11.6. The van der Waals surface area contributed by atoms with Crippen molar-refractivity contribution in [1.82, 2.24) is 9.78 Å². The van der Waals surface area contributed by atoms with Crippen LogP contribution >= 0.6 is 0 Å². The van der Waals surface area contributed by atoms with E-state index in [1.807, 2.05) is 0 Å². The van der Waals surface area contributed by atoms with Crippen molar-refractivity contribution in [2.45, 2.75) is 0 Å². The Balaban J connectivity index is 2.09. The van der Waals surface area contributed by atoms with E-state index in [4.69, 9.17) is 9.84 Å². The van der Waals surface area contributed by atoms with Crippen LogP contribution in [0.4, 0.5) is 0 Å². The summed E-state index contributed by atoms with van der Waals surface area (Å²) in [4.78, 5) is 22.5. The highest BCUT2D eigenvalue weighted by Crippen LogP contribution is 2.32. The SMILES string of the molecule is COc1cc(-c2nn(-c3ccc(C(=O)O)cc3)cc2C(=O)O)ccc1O. The number of carboxylic acid groups (broad SMARTS) is 2. The smallest absolute Gasteiger partial charge is 0.339 e. The number of nitrogens with zero attached hydrogens (tertiary/aromatic N) is 2. The largest absolute Gasteiger partial charge is 0.504 e. The fraction of sp³-hybridized carbons (Fsp3) is 0.0556. The van der Waals surface area contributed by atoms with E-state index in [0.29, 0.717) is 11.3 Å². The summed E-state index contributed by atoms with van der Waals surface area (Å²) >= 11 is 0. The highest BCUT2D eigenvalue weighted by Gasteiger charge is 2.19. The van der Waals surface area contributed by atoms with Crippen molar-refractivity contribution in [2.75, 3.05) is 7.11 Å². The van der Waals surface area contributed by atoms with E-state index in [9.17, 15) is 19.8 Å². The Morgan fingerprint density at radius 3 is 2.31 bits per heavy atom. The average molecular weight is 354 g/mol. The van der Waals surface area contributed by atoms with Gasteiger partial charge in [0.25, 0.3) is 0 Å². The predicted molar refractivity (Wildman–Crippen MR) is 91.1 cm³/mol. The van der Waals surface area contributed by atoms with Crippen molar-refractivity contribution in [3.63, 3.8) is 0 Å². The third kappa shape index (κ3) is 3.07. The van der Waals surface area contributed by atoms with Crippen molar-refractivity contribution < 1.29 is 29.6 Å². The summed E-state index contributed by atoms with van der Waals surface area (Å²) in [6.07, 6.45) is 1.34. The lowest BCUT2D eigenvalue weighted by Gasteiger charge is -2.06. The van der Waals surface area contributed by atoms with Crippen LogP contribution in [-0.2, 0) is 0 Å². The Hall–Kier alpha value is -3.81. The molecular weight excluding hydrogens is 340 g/mol. The lowest BCUT2D eigenvalue weighted by atomic mass is 10.1. The van der Waals surface area contributed by atoms with E-state index in [1.165, 1.54) is 60.5 Å². The minimum atomic E-state index is -1.17. The van der Waals surface area contributed by atoms with Crippen LogP contribution in [0.25, 0.3) is 16.9 Å². The molecule has 1 heterocycles. The molecule has 0 atom stereocenters. The summed E-state index contributed by atoms with van der Waals surface area (Å²) in [6.45, 7) is 0. The number of hydrogen-bond donors (Lipinski definition) is 3. The van der Waals surface area contributed by atoms with Crippen molar-refractivity contribution in [3.05, 3.63) is 59.8 Å². The molecule has 1 aromatic heterocycles. The van der Waals surface area contributed by atoms with Crippen molar-refractivity contribution in [2.24, 2.45) is 0 Å². The van der Waals surface area contributed by atoms with Gasteiger partial charge in [-0.25, -0.2) is 14.3 Å². The molecule has 8 heteroatoms. The first-order chi connectivity index (χ1) is 12.4. The first-order valence-electron chi connectivity index (χ1n) is 7.44. The number of carbonyl (C=O) groups is 2. The monoisotopic (exact) mass is 354 g/mol. The summed E-state index contributed by atoms with van der Waals surface area (Å²) in [6, 6.07) is 10.3. The van der Waals surface area contributed by atoms with E-state index in [0.717, 1.165) is 0 Å². The molecule has 132 valence electrons. The van der Waals surface area contributed by atoms with Gasteiger partial charge in [0.05, 0.1) is 18.4 Å². The van der Waals surface area contributed by atoms with Gasteiger partial charge >= 0.3 is 11.9 Å². The topological polar surface area (TPSA) is 122 Å². The predicted octanol–water partition coefficient (Wildman–Crippen LogP) is 2.65. The standard InChI is InChI=1S/C18H14N2O6/c1-26-15-8-11(4-7-14(15)21)16-13(18(24)25)9-20(19-16)12-5-2-10(3-6-12)17(22)23/h2-9,21H,1H3,(H,22,23)(H,24,25). The Morgan fingerprint density at radius 2 is 1.73 bits per heavy atom. The molecule has 0 bridgehead atoms. The molecule has 0 saturated carbocycles. The quantitative estimate of drug-likeness (QED) is 0.644. The lowest BCUT2D eigenvalue weighted by Crippen LogP contribution is -1.99. The molecule has 8 nitrogen and oxygen atoms in total. The molecule has 0 aliphatic rings. The van der Waals surface area contributed by atoms with Crippen molar-refractivity contribution >= 4 is 11.9 Å². The fourth-order valence-electron chi connectivity index (χ4n) is 2.46. The van der Waals surface area contributed by atoms with Gasteiger partial charge < -0.3 is 20.1 Å². The molecule has 3 rings (SSSR count). The average Bonchev–Trinajstić information content (AvgIpc) is 3.08. The number of methoxy groups -OCH3 is 1. The molecule has 0 unspecified atom stereocenters.